The average molecular weight is 277 g/mol. The predicted molar refractivity (Wildman–Crippen MR) is 78.8 cm³/mol. The number of benzene rings is 1. The molecule has 2 atom stereocenters. The average Bonchev–Trinajstić information content (AvgIpc) is 2.93. The van der Waals surface area contributed by atoms with E-state index < -0.39 is 0 Å². The minimum Gasteiger partial charge on any atom is -0.409 e. The van der Waals surface area contributed by atoms with Crippen LogP contribution in [-0.4, -0.2) is 47.3 Å². The fourth-order valence-corrected chi connectivity index (χ4v) is 2.88. The highest BCUT2D eigenvalue weighted by Crippen LogP contribution is 2.24. The highest BCUT2D eigenvalue weighted by Gasteiger charge is 2.26. The molecule has 0 saturated carbocycles. The van der Waals surface area contributed by atoms with Gasteiger partial charge in [0.2, 0.25) is 0 Å². The summed E-state index contributed by atoms with van der Waals surface area (Å²) in [6.45, 7) is 2.98. The third-order valence-electron chi connectivity index (χ3n) is 4.02. The van der Waals surface area contributed by atoms with Crippen LogP contribution in [0.25, 0.3) is 0 Å². The number of hydrogen-bond acceptors (Lipinski definition) is 4. The lowest BCUT2D eigenvalue weighted by Gasteiger charge is -2.23. The Hall–Kier alpha value is -1.59. The zero-order valence-corrected chi connectivity index (χ0v) is 11.7. The molecule has 1 aliphatic heterocycles. The molecule has 1 saturated heterocycles. The van der Waals surface area contributed by atoms with Gasteiger partial charge in [0.15, 0.2) is 0 Å². The van der Waals surface area contributed by atoms with Crippen LogP contribution in [-0.2, 0) is 0 Å². The second-order valence-corrected chi connectivity index (χ2v) is 5.41. The maximum absolute atomic E-state index is 9.01. The number of oxime groups is 1. The quantitative estimate of drug-likeness (QED) is 0.316. The van der Waals surface area contributed by atoms with E-state index in [4.69, 9.17) is 16.0 Å². The molecule has 1 aliphatic rings. The van der Waals surface area contributed by atoms with E-state index in [1.54, 1.807) is 0 Å². The van der Waals surface area contributed by atoms with Gasteiger partial charge in [-0.2, -0.15) is 0 Å². The largest absolute Gasteiger partial charge is 0.409 e. The fourth-order valence-electron chi connectivity index (χ4n) is 2.88. The molecule has 1 heterocycles. The molecule has 0 amide bonds. The molecule has 0 spiro atoms. The SMILES string of the molecule is N/C(=N/O)C(CN1CCC(CCO)C1)c1ccccc1. The molecule has 1 aromatic rings. The molecule has 1 fully saturated rings. The molecule has 0 bridgehead atoms. The van der Waals surface area contributed by atoms with Gasteiger partial charge in [0.1, 0.15) is 5.84 Å². The smallest absolute Gasteiger partial charge is 0.147 e. The first-order chi connectivity index (χ1) is 9.74. The summed E-state index contributed by atoms with van der Waals surface area (Å²) >= 11 is 0. The summed E-state index contributed by atoms with van der Waals surface area (Å²) in [6.07, 6.45) is 1.97. The number of aliphatic hydroxyl groups excluding tert-OH is 1. The summed E-state index contributed by atoms with van der Waals surface area (Å²) in [7, 11) is 0. The van der Waals surface area contributed by atoms with Crippen molar-refractivity contribution in [3.8, 4) is 0 Å². The van der Waals surface area contributed by atoms with E-state index in [9.17, 15) is 0 Å². The van der Waals surface area contributed by atoms with Crippen molar-refractivity contribution in [3.05, 3.63) is 35.9 Å². The van der Waals surface area contributed by atoms with Crippen molar-refractivity contribution in [1.29, 1.82) is 0 Å². The molecule has 5 nitrogen and oxygen atoms in total. The second-order valence-electron chi connectivity index (χ2n) is 5.41. The summed E-state index contributed by atoms with van der Waals surface area (Å²) in [5.74, 6) is 0.722. The van der Waals surface area contributed by atoms with Crippen molar-refractivity contribution >= 4 is 5.84 Å². The Labute approximate surface area is 119 Å². The minimum atomic E-state index is -0.0888. The molecule has 0 aliphatic carbocycles. The van der Waals surface area contributed by atoms with E-state index in [0.717, 1.165) is 38.0 Å². The Kier molecular flexibility index (Phi) is 5.38. The molecule has 2 rings (SSSR count). The molecule has 110 valence electrons. The molecule has 4 N–H and O–H groups in total. The Morgan fingerprint density at radius 2 is 2.15 bits per heavy atom. The van der Waals surface area contributed by atoms with Gasteiger partial charge in [-0.15, -0.1) is 0 Å². The summed E-state index contributed by atoms with van der Waals surface area (Å²) in [5, 5.41) is 21.2. The normalized spacial score (nSPS) is 22.1. The summed E-state index contributed by atoms with van der Waals surface area (Å²) in [6, 6.07) is 9.89. The van der Waals surface area contributed by atoms with Crippen molar-refractivity contribution in [2.45, 2.75) is 18.8 Å². The molecule has 2 unspecified atom stereocenters. The number of aliphatic hydroxyl groups is 1. The lowest BCUT2D eigenvalue weighted by molar-refractivity contribution is 0.250. The first-order valence-electron chi connectivity index (χ1n) is 7.10. The van der Waals surface area contributed by atoms with Gasteiger partial charge < -0.3 is 20.9 Å². The van der Waals surface area contributed by atoms with Crippen molar-refractivity contribution < 1.29 is 10.3 Å². The topological polar surface area (TPSA) is 82.1 Å². The Balaban J connectivity index is 2.03. The molecule has 5 heteroatoms. The van der Waals surface area contributed by atoms with Crippen LogP contribution in [0.3, 0.4) is 0 Å². The van der Waals surface area contributed by atoms with Gasteiger partial charge in [0.05, 0.1) is 5.92 Å². The third-order valence-corrected chi connectivity index (χ3v) is 4.02. The van der Waals surface area contributed by atoms with Gasteiger partial charge in [0, 0.05) is 19.7 Å². The number of amidine groups is 1. The van der Waals surface area contributed by atoms with E-state index in [0.29, 0.717) is 5.92 Å². The van der Waals surface area contributed by atoms with E-state index >= 15 is 0 Å². The maximum Gasteiger partial charge on any atom is 0.147 e. The fraction of sp³-hybridized carbons (Fsp3) is 0.533. The number of nitrogens with two attached hydrogens (primary N) is 1. The molecule has 1 aromatic carbocycles. The monoisotopic (exact) mass is 277 g/mol. The molecular formula is C15H23N3O2. The van der Waals surface area contributed by atoms with Crippen LogP contribution in [0.5, 0.6) is 0 Å². The summed E-state index contributed by atoms with van der Waals surface area (Å²) < 4.78 is 0. The lowest BCUT2D eigenvalue weighted by atomic mass is 9.97. The molecular weight excluding hydrogens is 254 g/mol. The summed E-state index contributed by atoms with van der Waals surface area (Å²) in [4.78, 5) is 2.33. The zero-order chi connectivity index (χ0) is 14.4. The summed E-state index contributed by atoms with van der Waals surface area (Å²) in [5.41, 5.74) is 6.92. The molecule has 0 radical (unpaired) electrons. The van der Waals surface area contributed by atoms with Crippen molar-refractivity contribution in [1.82, 2.24) is 4.90 Å². The van der Waals surface area contributed by atoms with E-state index in [1.807, 2.05) is 30.3 Å². The van der Waals surface area contributed by atoms with Gasteiger partial charge in [-0.25, -0.2) is 0 Å². The molecule has 20 heavy (non-hydrogen) atoms. The van der Waals surface area contributed by atoms with Gasteiger partial charge in [-0.3, -0.25) is 0 Å². The minimum absolute atomic E-state index is 0.0888. The van der Waals surface area contributed by atoms with Crippen LogP contribution in [0.4, 0.5) is 0 Å². The van der Waals surface area contributed by atoms with Crippen molar-refractivity contribution in [3.63, 3.8) is 0 Å². The van der Waals surface area contributed by atoms with Gasteiger partial charge in [0.25, 0.3) is 0 Å². The van der Waals surface area contributed by atoms with Crippen LogP contribution < -0.4 is 5.73 Å². The van der Waals surface area contributed by atoms with Crippen LogP contribution in [0.2, 0.25) is 0 Å². The maximum atomic E-state index is 9.01. The number of nitrogens with zero attached hydrogens (tertiary/aromatic N) is 2. The number of likely N-dealkylation sites (tertiary alicyclic amines) is 1. The van der Waals surface area contributed by atoms with E-state index in [-0.39, 0.29) is 18.4 Å². The third kappa shape index (κ3) is 3.71. The van der Waals surface area contributed by atoms with E-state index in [1.165, 1.54) is 0 Å². The second kappa shape index (κ2) is 7.26. The first-order valence-corrected chi connectivity index (χ1v) is 7.10. The van der Waals surface area contributed by atoms with Gasteiger partial charge >= 0.3 is 0 Å². The zero-order valence-electron chi connectivity index (χ0n) is 11.7. The highest BCUT2D eigenvalue weighted by molar-refractivity contribution is 5.87. The number of rotatable bonds is 6. The van der Waals surface area contributed by atoms with Crippen LogP contribution in [0.1, 0.15) is 24.3 Å². The van der Waals surface area contributed by atoms with Crippen LogP contribution >= 0.6 is 0 Å². The standard InChI is InChI=1S/C15H23N3O2/c16-15(17-20)14(13-4-2-1-3-5-13)11-18-8-6-12(10-18)7-9-19/h1-5,12,14,19-20H,6-11H2,(H2,16,17). The van der Waals surface area contributed by atoms with Crippen LogP contribution in [0.15, 0.2) is 35.5 Å². The molecule has 0 aromatic heterocycles. The predicted octanol–water partition coefficient (Wildman–Crippen LogP) is 1.22. The Morgan fingerprint density at radius 1 is 1.40 bits per heavy atom. The van der Waals surface area contributed by atoms with Crippen molar-refractivity contribution in [2.75, 3.05) is 26.2 Å². The number of hydrogen-bond donors (Lipinski definition) is 3. The lowest BCUT2D eigenvalue weighted by Crippen LogP contribution is -2.34. The first kappa shape index (κ1) is 14.8. The highest BCUT2D eigenvalue weighted by atomic mass is 16.4. The van der Waals surface area contributed by atoms with E-state index in [2.05, 4.69) is 10.1 Å². The van der Waals surface area contributed by atoms with Gasteiger partial charge in [-0.1, -0.05) is 35.5 Å². The Bertz CT molecular complexity index is 436. The van der Waals surface area contributed by atoms with Crippen LogP contribution in [0, 0.1) is 5.92 Å². The Morgan fingerprint density at radius 3 is 2.80 bits per heavy atom. The van der Waals surface area contributed by atoms with Gasteiger partial charge in [-0.05, 0) is 30.9 Å². The van der Waals surface area contributed by atoms with Crippen molar-refractivity contribution in [2.24, 2.45) is 16.8 Å².